The number of hydrogen-bond donors (Lipinski definition) is 1. The van der Waals surface area contributed by atoms with Crippen LogP contribution in [0.15, 0.2) is 72.8 Å². The SMILES string of the molecule is CC(C)(C)NC(=O)C(Cc1ccccc1)N(Cc1ccccc1F)C(=O)COc1ccc(Cl)cc1Cl. The van der Waals surface area contributed by atoms with E-state index < -0.39 is 29.9 Å². The highest BCUT2D eigenvalue weighted by Crippen LogP contribution is 2.28. The molecule has 190 valence electrons. The van der Waals surface area contributed by atoms with Crippen LogP contribution >= 0.6 is 23.2 Å². The number of carbonyl (C=O) groups excluding carboxylic acids is 2. The fourth-order valence-corrected chi connectivity index (χ4v) is 4.09. The third-order valence-corrected chi connectivity index (χ3v) is 5.84. The lowest BCUT2D eigenvalue weighted by Crippen LogP contribution is -2.55. The average Bonchev–Trinajstić information content (AvgIpc) is 2.81. The minimum absolute atomic E-state index is 0.113. The van der Waals surface area contributed by atoms with Crippen molar-refractivity contribution in [3.05, 3.63) is 99.8 Å². The van der Waals surface area contributed by atoms with E-state index in [1.54, 1.807) is 30.3 Å². The summed E-state index contributed by atoms with van der Waals surface area (Å²) in [6.45, 7) is 5.07. The minimum atomic E-state index is -0.914. The maximum Gasteiger partial charge on any atom is 0.261 e. The maximum absolute atomic E-state index is 14.6. The number of ether oxygens (including phenoxy) is 1. The van der Waals surface area contributed by atoms with Gasteiger partial charge < -0.3 is 15.0 Å². The van der Waals surface area contributed by atoms with Crippen LogP contribution in [0, 0.1) is 5.82 Å². The number of carbonyl (C=O) groups is 2. The molecule has 0 radical (unpaired) electrons. The average molecular weight is 531 g/mol. The van der Waals surface area contributed by atoms with Crippen molar-refractivity contribution >= 4 is 35.0 Å². The van der Waals surface area contributed by atoms with Crippen molar-refractivity contribution in [3.63, 3.8) is 0 Å². The molecule has 1 unspecified atom stereocenters. The Morgan fingerprint density at radius 1 is 1.00 bits per heavy atom. The highest BCUT2D eigenvalue weighted by Gasteiger charge is 2.33. The molecule has 3 aromatic rings. The lowest BCUT2D eigenvalue weighted by atomic mass is 10.0. The standard InChI is InChI=1S/C28H29Cl2FN2O3/c1-28(2,3)32-27(35)24(15-19-9-5-4-6-10-19)33(17-20-11-7-8-12-23(20)31)26(34)18-36-25-14-13-21(29)16-22(25)30/h4-14,16,24H,15,17-18H2,1-3H3,(H,32,35). The van der Waals surface area contributed by atoms with Crippen LogP contribution in [0.1, 0.15) is 31.9 Å². The number of rotatable bonds is 9. The quantitative estimate of drug-likeness (QED) is 0.365. The van der Waals surface area contributed by atoms with Gasteiger partial charge in [-0.25, -0.2) is 4.39 Å². The molecule has 5 nitrogen and oxygen atoms in total. The van der Waals surface area contributed by atoms with E-state index in [4.69, 9.17) is 27.9 Å². The molecule has 2 amide bonds. The molecule has 1 N–H and O–H groups in total. The molecule has 0 bridgehead atoms. The van der Waals surface area contributed by atoms with Crippen LogP contribution in [0.4, 0.5) is 4.39 Å². The summed E-state index contributed by atoms with van der Waals surface area (Å²) in [7, 11) is 0. The molecule has 0 aliphatic carbocycles. The zero-order valence-electron chi connectivity index (χ0n) is 20.4. The molecule has 0 saturated heterocycles. The van der Waals surface area contributed by atoms with Gasteiger partial charge in [-0.05, 0) is 50.6 Å². The Hall–Kier alpha value is -3.09. The third kappa shape index (κ3) is 7.97. The highest BCUT2D eigenvalue weighted by atomic mass is 35.5. The lowest BCUT2D eigenvalue weighted by Gasteiger charge is -2.33. The maximum atomic E-state index is 14.6. The lowest BCUT2D eigenvalue weighted by molar-refractivity contribution is -0.143. The molecule has 8 heteroatoms. The van der Waals surface area contributed by atoms with E-state index in [2.05, 4.69) is 5.32 Å². The number of hydrogen-bond acceptors (Lipinski definition) is 3. The second-order valence-corrected chi connectivity index (χ2v) is 10.3. The number of nitrogens with one attached hydrogen (secondary N) is 1. The fourth-order valence-electron chi connectivity index (χ4n) is 3.63. The Morgan fingerprint density at radius 3 is 2.31 bits per heavy atom. The van der Waals surface area contributed by atoms with Crippen LogP contribution in [-0.2, 0) is 22.6 Å². The first kappa shape index (κ1) is 27.5. The smallest absolute Gasteiger partial charge is 0.261 e. The van der Waals surface area contributed by atoms with E-state index in [-0.39, 0.29) is 35.2 Å². The van der Waals surface area contributed by atoms with Crippen molar-refractivity contribution in [3.8, 4) is 5.75 Å². The van der Waals surface area contributed by atoms with Gasteiger partial charge in [-0.3, -0.25) is 9.59 Å². The summed E-state index contributed by atoms with van der Waals surface area (Å²) in [5.74, 6) is -1.03. The molecular weight excluding hydrogens is 502 g/mol. The molecule has 3 rings (SSSR count). The predicted molar refractivity (Wildman–Crippen MR) is 141 cm³/mol. The fraction of sp³-hybridized carbons (Fsp3) is 0.286. The number of nitrogens with zero attached hydrogens (tertiary/aromatic N) is 1. The zero-order chi connectivity index (χ0) is 26.3. The summed E-state index contributed by atoms with van der Waals surface area (Å²) in [4.78, 5) is 28.4. The Labute approximate surface area is 221 Å². The molecule has 0 aliphatic heterocycles. The zero-order valence-corrected chi connectivity index (χ0v) is 21.9. The molecule has 0 aromatic heterocycles. The molecule has 0 aliphatic rings. The summed E-state index contributed by atoms with van der Waals surface area (Å²) in [5, 5.41) is 3.65. The van der Waals surface area contributed by atoms with E-state index in [0.717, 1.165) is 5.56 Å². The first-order chi connectivity index (χ1) is 17.0. The van der Waals surface area contributed by atoms with Gasteiger partial charge in [0.05, 0.1) is 5.02 Å². The number of amides is 2. The molecule has 36 heavy (non-hydrogen) atoms. The summed E-state index contributed by atoms with van der Waals surface area (Å²) < 4.78 is 20.3. The Balaban J connectivity index is 1.95. The first-order valence-electron chi connectivity index (χ1n) is 11.5. The topological polar surface area (TPSA) is 58.6 Å². The molecule has 0 fully saturated rings. The third-order valence-electron chi connectivity index (χ3n) is 5.31. The van der Waals surface area contributed by atoms with Gasteiger partial charge >= 0.3 is 0 Å². The van der Waals surface area contributed by atoms with Gasteiger partial charge in [-0.15, -0.1) is 0 Å². The molecule has 1 atom stereocenters. The van der Waals surface area contributed by atoms with Crippen LogP contribution in [-0.4, -0.2) is 34.9 Å². The van der Waals surface area contributed by atoms with Crippen molar-refractivity contribution in [2.45, 2.75) is 45.3 Å². The van der Waals surface area contributed by atoms with Crippen molar-refractivity contribution in [2.24, 2.45) is 0 Å². The first-order valence-corrected chi connectivity index (χ1v) is 12.3. The largest absolute Gasteiger partial charge is 0.482 e. The summed E-state index contributed by atoms with van der Waals surface area (Å²) >= 11 is 12.1. The van der Waals surface area contributed by atoms with Gasteiger partial charge in [0.25, 0.3) is 5.91 Å². The second kappa shape index (κ2) is 12.2. The van der Waals surface area contributed by atoms with Crippen LogP contribution in [0.2, 0.25) is 10.0 Å². The van der Waals surface area contributed by atoms with Crippen LogP contribution < -0.4 is 10.1 Å². The molecule has 0 spiro atoms. The van der Waals surface area contributed by atoms with Crippen LogP contribution in [0.3, 0.4) is 0 Å². The second-order valence-electron chi connectivity index (χ2n) is 9.42. The van der Waals surface area contributed by atoms with Crippen molar-refractivity contribution in [2.75, 3.05) is 6.61 Å². The van der Waals surface area contributed by atoms with Gasteiger partial charge in [-0.1, -0.05) is 71.7 Å². The van der Waals surface area contributed by atoms with E-state index in [0.29, 0.717) is 5.02 Å². The summed E-state index contributed by atoms with van der Waals surface area (Å²) in [6.07, 6.45) is 0.241. The van der Waals surface area contributed by atoms with Crippen molar-refractivity contribution in [1.29, 1.82) is 0 Å². The monoisotopic (exact) mass is 530 g/mol. The molecule has 0 saturated carbocycles. The highest BCUT2D eigenvalue weighted by molar-refractivity contribution is 6.35. The van der Waals surface area contributed by atoms with E-state index in [9.17, 15) is 14.0 Å². The van der Waals surface area contributed by atoms with Crippen molar-refractivity contribution in [1.82, 2.24) is 10.2 Å². The number of benzene rings is 3. The Morgan fingerprint density at radius 2 is 1.67 bits per heavy atom. The summed E-state index contributed by atoms with van der Waals surface area (Å²) in [5.41, 5.74) is 0.614. The van der Waals surface area contributed by atoms with Gasteiger partial charge in [0.15, 0.2) is 6.61 Å². The van der Waals surface area contributed by atoms with Gasteiger partial charge in [0, 0.05) is 29.1 Å². The number of halogens is 3. The van der Waals surface area contributed by atoms with E-state index >= 15 is 0 Å². The predicted octanol–water partition coefficient (Wildman–Crippen LogP) is 6.07. The van der Waals surface area contributed by atoms with Gasteiger partial charge in [-0.2, -0.15) is 0 Å². The molecular formula is C28H29Cl2FN2O3. The Bertz CT molecular complexity index is 1200. The molecule has 3 aromatic carbocycles. The Kier molecular flexibility index (Phi) is 9.35. The normalized spacial score (nSPS) is 12.1. The van der Waals surface area contributed by atoms with Crippen LogP contribution in [0.5, 0.6) is 5.75 Å². The van der Waals surface area contributed by atoms with E-state index in [1.165, 1.54) is 17.0 Å². The molecule has 0 heterocycles. The van der Waals surface area contributed by atoms with Crippen molar-refractivity contribution < 1.29 is 18.7 Å². The van der Waals surface area contributed by atoms with Gasteiger partial charge in [0.1, 0.15) is 17.6 Å². The summed E-state index contributed by atoms with van der Waals surface area (Å²) in [6, 6.07) is 19.3. The minimum Gasteiger partial charge on any atom is -0.482 e. The van der Waals surface area contributed by atoms with E-state index in [1.807, 2.05) is 51.1 Å². The van der Waals surface area contributed by atoms with Gasteiger partial charge in [0.2, 0.25) is 5.91 Å². The van der Waals surface area contributed by atoms with Crippen LogP contribution in [0.25, 0.3) is 0 Å².